The van der Waals surface area contributed by atoms with Gasteiger partial charge in [0.2, 0.25) is 0 Å². The van der Waals surface area contributed by atoms with Crippen LogP contribution in [0.1, 0.15) is 29.0 Å². The summed E-state index contributed by atoms with van der Waals surface area (Å²) in [4.78, 5) is 4.15. The highest BCUT2D eigenvalue weighted by atomic mass is 35.5. The van der Waals surface area contributed by atoms with Gasteiger partial charge in [0.25, 0.3) is 0 Å². The fraction of sp³-hybridized carbons (Fsp3) is 0.250. The van der Waals surface area contributed by atoms with Gasteiger partial charge in [0.15, 0.2) is 0 Å². The van der Waals surface area contributed by atoms with E-state index in [4.69, 9.17) is 11.6 Å². The van der Waals surface area contributed by atoms with E-state index < -0.39 is 0 Å². The van der Waals surface area contributed by atoms with Gasteiger partial charge in [0.05, 0.1) is 6.33 Å². The Balaban J connectivity index is 1.81. The van der Waals surface area contributed by atoms with Crippen LogP contribution in [0.15, 0.2) is 67.3 Å². The zero-order valence-electron chi connectivity index (χ0n) is 13.3. The van der Waals surface area contributed by atoms with Gasteiger partial charge in [-0.3, -0.25) is 0 Å². The number of nitrogens with zero attached hydrogens (tertiary/aromatic N) is 2. The second-order valence-electron chi connectivity index (χ2n) is 6.01. The second kappa shape index (κ2) is 7.47. The zero-order chi connectivity index (χ0) is 16.1. The van der Waals surface area contributed by atoms with Crippen LogP contribution in [0.25, 0.3) is 0 Å². The molecule has 0 aliphatic heterocycles. The molecule has 3 aromatic rings. The molecule has 0 aliphatic carbocycles. The van der Waals surface area contributed by atoms with E-state index in [1.165, 1.54) is 16.7 Å². The van der Waals surface area contributed by atoms with Crippen molar-refractivity contribution in [2.75, 3.05) is 0 Å². The first-order valence-electron chi connectivity index (χ1n) is 7.98. The van der Waals surface area contributed by atoms with Crippen molar-refractivity contribution in [2.45, 2.75) is 32.2 Å². The van der Waals surface area contributed by atoms with Gasteiger partial charge in [-0.25, -0.2) is 4.98 Å². The SMILES string of the molecule is Cc1ccc(C(CCc2ccccc2)Cn2ccnc2)c(Cl)c1. The van der Waals surface area contributed by atoms with Crippen molar-refractivity contribution < 1.29 is 0 Å². The maximum atomic E-state index is 6.52. The van der Waals surface area contributed by atoms with Crippen molar-refractivity contribution in [3.63, 3.8) is 0 Å². The summed E-state index contributed by atoms with van der Waals surface area (Å²) in [5.74, 6) is 0.373. The molecule has 0 bridgehead atoms. The largest absolute Gasteiger partial charge is 0.337 e. The first-order valence-corrected chi connectivity index (χ1v) is 8.36. The quantitative estimate of drug-likeness (QED) is 0.604. The molecule has 0 radical (unpaired) electrons. The summed E-state index contributed by atoms with van der Waals surface area (Å²) in [5, 5.41) is 0.864. The number of hydrogen-bond donors (Lipinski definition) is 0. The van der Waals surface area contributed by atoms with Crippen molar-refractivity contribution in [3.8, 4) is 0 Å². The van der Waals surface area contributed by atoms with Gasteiger partial charge in [-0.1, -0.05) is 54.1 Å². The number of imidazole rings is 1. The lowest BCUT2D eigenvalue weighted by molar-refractivity contribution is 0.525. The minimum atomic E-state index is 0.373. The number of halogens is 1. The molecule has 0 fully saturated rings. The van der Waals surface area contributed by atoms with Gasteiger partial charge in [-0.2, -0.15) is 0 Å². The molecule has 3 rings (SSSR count). The predicted molar refractivity (Wildman–Crippen MR) is 95.9 cm³/mol. The predicted octanol–water partition coefficient (Wildman–Crippen LogP) is 5.26. The Labute approximate surface area is 142 Å². The molecule has 2 aromatic carbocycles. The topological polar surface area (TPSA) is 17.8 Å². The van der Waals surface area contributed by atoms with Gasteiger partial charge in [0, 0.05) is 29.9 Å². The molecule has 1 heterocycles. The van der Waals surface area contributed by atoms with Crippen molar-refractivity contribution in [1.82, 2.24) is 9.55 Å². The monoisotopic (exact) mass is 324 g/mol. The fourth-order valence-corrected chi connectivity index (χ4v) is 3.33. The molecular weight excluding hydrogens is 304 g/mol. The Bertz CT molecular complexity index is 736. The number of benzene rings is 2. The number of hydrogen-bond acceptors (Lipinski definition) is 1. The van der Waals surface area contributed by atoms with E-state index in [-0.39, 0.29) is 0 Å². The normalized spacial score (nSPS) is 12.3. The highest BCUT2D eigenvalue weighted by molar-refractivity contribution is 6.31. The molecule has 0 saturated heterocycles. The van der Waals surface area contributed by atoms with Gasteiger partial charge in [-0.05, 0) is 42.5 Å². The number of aromatic nitrogens is 2. The van der Waals surface area contributed by atoms with E-state index in [9.17, 15) is 0 Å². The van der Waals surface area contributed by atoms with Crippen LogP contribution in [0, 0.1) is 6.92 Å². The molecular formula is C20H21ClN2. The van der Waals surface area contributed by atoms with E-state index in [0.717, 1.165) is 24.4 Å². The van der Waals surface area contributed by atoms with Crippen LogP contribution in [0.2, 0.25) is 5.02 Å². The van der Waals surface area contributed by atoms with Crippen LogP contribution >= 0.6 is 11.6 Å². The van der Waals surface area contributed by atoms with Crippen LogP contribution in [0.3, 0.4) is 0 Å². The van der Waals surface area contributed by atoms with E-state index in [1.54, 1.807) is 0 Å². The molecule has 3 heteroatoms. The van der Waals surface area contributed by atoms with Gasteiger partial charge < -0.3 is 4.57 Å². The summed E-state index contributed by atoms with van der Waals surface area (Å²) in [6, 6.07) is 17.0. The summed E-state index contributed by atoms with van der Waals surface area (Å²) in [6.07, 6.45) is 7.82. The molecule has 1 aromatic heterocycles. The molecule has 0 N–H and O–H groups in total. The Morgan fingerprint density at radius 2 is 1.96 bits per heavy atom. The summed E-state index contributed by atoms with van der Waals surface area (Å²) in [7, 11) is 0. The summed E-state index contributed by atoms with van der Waals surface area (Å²) >= 11 is 6.52. The van der Waals surface area contributed by atoms with Crippen LogP contribution in [0.4, 0.5) is 0 Å². The lowest BCUT2D eigenvalue weighted by Crippen LogP contribution is -2.10. The van der Waals surface area contributed by atoms with Crippen LogP contribution in [-0.4, -0.2) is 9.55 Å². The van der Waals surface area contributed by atoms with Gasteiger partial charge >= 0.3 is 0 Å². The molecule has 0 aliphatic rings. The summed E-state index contributed by atoms with van der Waals surface area (Å²) in [5.41, 5.74) is 3.79. The average molecular weight is 325 g/mol. The molecule has 1 unspecified atom stereocenters. The highest BCUT2D eigenvalue weighted by Gasteiger charge is 2.16. The third-order valence-corrected chi connectivity index (χ3v) is 4.54. The van der Waals surface area contributed by atoms with Crippen LogP contribution in [-0.2, 0) is 13.0 Å². The Morgan fingerprint density at radius 3 is 2.65 bits per heavy atom. The van der Waals surface area contributed by atoms with Gasteiger partial charge in [-0.15, -0.1) is 0 Å². The van der Waals surface area contributed by atoms with Crippen LogP contribution in [0.5, 0.6) is 0 Å². The maximum Gasteiger partial charge on any atom is 0.0946 e. The maximum absolute atomic E-state index is 6.52. The smallest absolute Gasteiger partial charge is 0.0946 e. The average Bonchev–Trinajstić information content (AvgIpc) is 3.06. The first-order chi connectivity index (χ1) is 11.2. The minimum Gasteiger partial charge on any atom is -0.337 e. The van der Waals surface area contributed by atoms with Crippen LogP contribution < -0.4 is 0 Å². The van der Waals surface area contributed by atoms with E-state index in [1.807, 2.05) is 18.7 Å². The minimum absolute atomic E-state index is 0.373. The fourth-order valence-electron chi connectivity index (χ4n) is 2.94. The molecule has 0 spiro atoms. The molecule has 0 saturated carbocycles. The lowest BCUT2D eigenvalue weighted by atomic mass is 9.91. The molecule has 1 atom stereocenters. The number of aryl methyl sites for hydroxylation is 2. The number of rotatable bonds is 6. The van der Waals surface area contributed by atoms with Crippen molar-refractivity contribution in [1.29, 1.82) is 0 Å². The van der Waals surface area contributed by atoms with E-state index in [2.05, 4.69) is 65.0 Å². The third-order valence-electron chi connectivity index (χ3n) is 4.21. The highest BCUT2D eigenvalue weighted by Crippen LogP contribution is 2.30. The zero-order valence-corrected chi connectivity index (χ0v) is 14.1. The standard InChI is InChI=1S/C20H21ClN2/c1-16-7-10-19(20(21)13-16)18(14-23-12-11-22-15-23)9-8-17-5-3-2-4-6-17/h2-7,10-13,15,18H,8-9,14H2,1H3. The second-order valence-corrected chi connectivity index (χ2v) is 6.41. The van der Waals surface area contributed by atoms with E-state index >= 15 is 0 Å². The first kappa shape index (κ1) is 15.8. The Kier molecular flexibility index (Phi) is 5.14. The third kappa shape index (κ3) is 4.23. The Morgan fingerprint density at radius 1 is 1.13 bits per heavy atom. The van der Waals surface area contributed by atoms with Gasteiger partial charge in [0.1, 0.15) is 0 Å². The van der Waals surface area contributed by atoms with E-state index in [0.29, 0.717) is 5.92 Å². The van der Waals surface area contributed by atoms with Crippen molar-refractivity contribution >= 4 is 11.6 Å². The molecule has 0 amide bonds. The molecule has 118 valence electrons. The molecule has 23 heavy (non-hydrogen) atoms. The molecule has 2 nitrogen and oxygen atoms in total. The lowest BCUT2D eigenvalue weighted by Gasteiger charge is -2.20. The summed E-state index contributed by atoms with van der Waals surface area (Å²) in [6.45, 7) is 2.97. The summed E-state index contributed by atoms with van der Waals surface area (Å²) < 4.78 is 2.13. The van der Waals surface area contributed by atoms with Crippen molar-refractivity contribution in [3.05, 3.63) is 89.0 Å². The Hall–Kier alpha value is -2.06. The van der Waals surface area contributed by atoms with Crippen molar-refractivity contribution in [2.24, 2.45) is 0 Å².